The third-order valence-corrected chi connectivity index (χ3v) is 1.07. The Morgan fingerprint density at radius 2 is 1.31 bits per heavy atom. The first kappa shape index (κ1) is 14.1. The Kier molecular flexibility index (Phi) is 9.36. The number of nitrogens with zero attached hydrogens (tertiary/aromatic N) is 1. The smallest absolute Gasteiger partial charge is 0.316 e. The summed E-state index contributed by atoms with van der Waals surface area (Å²) in [6.07, 6.45) is 0. The number of hydrogen-bond donors (Lipinski definition) is 3. The van der Waals surface area contributed by atoms with E-state index in [0.29, 0.717) is 0 Å². The van der Waals surface area contributed by atoms with Gasteiger partial charge in [0.05, 0.1) is 0 Å². The molecule has 0 aliphatic carbocycles. The van der Waals surface area contributed by atoms with Crippen LogP contribution in [-0.2, 0) is 0 Å². The molecule has 0 aromatic carbocycles. The average molecular weight is 190 g/mol. The Balaban J connectivity index is 0. The van der Waals surface area contributed by atoms with E-state index in [1.54, 1.807) is 35.2 Å². The van der Waals surface area contributed by atoms with Gasteiger partial charge in [0.25, 0.3) is 0 Å². The van der Waals surface area contributed by atoms with Crippen LogP contribution in [0.3, 0.4) is 0 Å². The third kappa shape index (κ3) is 10.5. The second-order valence-electron chi connectivity index (χ2n) is 2.28. The van der Waals surface area contributed by atoms with Crippen LogP contribution in [0.25, 0.3) is 0 Å². The number of carbonyl (C=O) groups is 2. The van der Waals surface area contributed by atoms with Crippen LogP contribution >= 0.6 is 0 Å². The molecule has 0 saturated carbocycles. The van der Waals surface area contributed by atoms with Crippen molar-refractivity contribution in [1.82, 2.24) is 20.9 Å². The maximum absolute atomic E-state index is 10.3. The van der Waals surface area contributed by atoms with Crippen LogP contribution < -0.4 is 16.0 Å². The second kappa shape index (κ2) is 8.63. The van der Waals surface area contributed by atoms with Crippen molar-refractivity contribution in [3.8, 4) is 0 Å². The molecule has 0 aliphatic heterocycles. The third-order valence-electron chi connectivity index (χ3n) is 1.07. The molecule has 0 rings (SSSR count). The van der Waals surface area contributed by atoms with Gasteiger partial charge in [-0.25, -0.2) is 9.59 Å². The van der Waals surface area contributed by atoms with Crippen molar-refractivity contribution in [1.29, 1.82) is 0 Å². The summed E-state index contributed by atoms with van der Waals surface area (Å²) in [4.78, 5) is 21.8. The SMILES string of the molecule is CNC(=O)N(C)C.CNC(=O)NC. The van der Waals surface area contributed by atoms with Gasteiger partial charge in [0.15, 0.2) is 0 Å². The highest BCUT2D eigenvalue weighted by atomic mass is 16.2. The lowest BCUT2D eigenvalue weighted by Crippen LogP contribution is -2.31. The number of hydrogen-bond acceptors (Lipinski definition) is 2. The van der Waals surface area contributed by atoms with Crippen molar-refractivity contribution >= 4 is 12.1 Å². The largest absolute Gasteiger partial charge is 0.341 e. The maximum Gasteiger partial charge on any atom is 0.316 e. The van der Waals surface area contributed by atoms with Crippen molar-refractivity contribution in [3.05, 3.63) is 0 Å². The predicted molar refractivity (Wildman–Crippen MR) is 51.7 cm³/mol. The Morgan fingerprint density at radius 1 is 0.923 bits per heavy atom. The zero-order valence-electron chi connectivity index (χ0n) is 8.76. The zero-order valence-corrected chi connectivity index (χ0v) is 8.76. The summed E-state index contributed by atoms with van der Waals surface area (Å²) in [7, 11) is 8.12. The maximum atomic E-state index is 10.3. The van der Waals surface area contributed by atoms with Gasteiger partial charge in [0.2, 0.25) is 0 Å². The van der Waals surface area contributed by atoms with E-state index in [9.17, 15) is 9.59 Å². The van der Waals surface area contributed by atoms with Crippen molar-refractivity contribution in [2.45, 2.75) is 0 Å². The molecule has 0 aromatic rings. The van der Waals surface area contributed by atoms with E-state index in [0.717, 1.165) is 0 Å². The van der Waals surface area contributed by atoms with Gasteiger partial charge in [-0.15, -0.1) is 0 Å². The molecule has 0 heterocycles. The lowest BCUT2D eigenvalue weighted by atomic mass is 10.8. The monoisotopic (exact) mass is 190 g/mol. The molecule has 0 radical (unpaired) electrons. The Bertz CT molecular complexity index is 153. The Hall–Kier alpha value is -1.46. The molecule has 3 N–H and O–H groups in total. The highest BCUT2D eigenvalue weighted by Crippen LogP contribution is 1.70. The number of rotatable bonds is 0. The van der Waals surface area contributed by atoms with Crippen LogP contribution in [0.15, 0.2) is 0 Å². The molecule has 0 fully saturated rings. The van der Waals surface area contributed by atoms with Crippen LogP contribution in [-0.4, -0.2) is 52.2 Å². The molecule has 0 aromatic heterocycles. The molecular formula is C7H18N4O2. The van der Waals surface area contributed by atoms with E-state index in [1.807, 2.05) is 0 Å². The molecule has 78 valence electrons. The minimum atomic E-state index is -0.157. The van der Waals surface area contributed by atoms with Crippen molar-refractivity contribution < 1.29 is 9.59 Å². The van der Waals surface area contributed by atoms with E-state index >= 15 is 0 Å². The van der Waals surface area contributed by atoms with Crippen LogP contribution in [0.2, 0.25) is 0 Å². The van der Waals surface area contributed by atoms with Gasteiger partial charge in [-0.2, -0.15) is 0 Å². The van der Waals surface area contributed by atoms with Crippen molar-refractivity contribution in [2.75, 3.05) is 35.2 Å². The molecule has 6 heteroatoms. The van der Waals surface area contributed by atoms with Crippen LogP contribution in [0, 0.1) is 0 Å². The molecular weight excluding hydrogens is 172 g/mol. The van der Waals surface area contributed by atoms with Gasteiger partial charge in [-0.1, -0.05) is 0 Å². The van der Waals surface area contributed by atoms with E-state index in [2.05, 4.69) is 16.0 Å². The first-order valence-electron chi connectivity index (χ1n) is 3.78. The molecule has 0 aliphatic rings. The highest BCUT2D eigenvalue weighted by Gasteiger charge is 1.94. The van der Waals surface area contributed by atoms with Gasteiger partial charge < -0.3 is 20.9 Å². The first-order chi connectivity index (χ1) is 5.99. The van der Waals surface area contributed by atoms with Crippen molar-refractivity contribution in [2.24, 2.45) is 0 Å². The number of carbonyl (C=O) groups excluding carboxylic acids is 2. The number of urea groups is 2. The fourth-order valence-corrected chi connectivity index (χ4v) is 0.349. The lowest BCUT2D eigenvalue weighted by Gasteiger charge is -2.06. The first-order valence-corrected chi connectivity index (χ1v) is 3.78. The summed E-state index contributed by atoms with van der Waals surface area (Å²) >= 11 is 0. The predicted octanol–water partition coefficient (Wildman–Crippen LogP) is -0.567. The molecule has 0 unspecified atom stereocenters. The zero-order chi connectivity index (χ0) is 10.9. The van der Waals surface area contributed by atoms with E-state index < -0.39 is 0 Å². The lowest BCUT2D eigenvalue weighted by molar-refractivity contribution is 0.219. The quantitative estimate of drug-likeness (QED) is 0.478. The number of nitrogens with one attached hydrogen (secondary N) is 3. The Morgan fingerprint density at radius 3 is 1.31 bits per heavy atom. The minimum absolute atomic E-state index is 0.0694. The molecule has 13 heavy (non-hydrogen) atoms. The fraction of sp³-hybridized carbons (Fsp3) is 0.714. The summed E-state index contributed by atoms with van der Waals surface area (Å²) in [6, 6.07) is -0.227. The van der Waals surface area contributed by atoms with Gasteiger partial charge >= 0.3 is 12.1 Å². The van der Waals surface area contributed by atoms with Crippen LogP contribution in [0.1, 0.15) is 0 Å². The second-order valence-corrected chi connectivity index (χ2v) is 2.28. The molecule has 6 nitrogen and oxygen atoms in total. The summed E-state index contributed by atoms with van der Waals surface area (Å²) in [5, 5.41) is 7.18. The normalized spacial score (nSPS) is 7.46. The molecule has 4 amide bonds. The van der Waals surface area contributed by atoms with E-state index in [4.69, 9.17) is 0 Å². The van der Waals surface area contributed by atoms with Gasteiger partial charge in [0, 0.05) is 35.2 Å². The Labute approximate surface area is 78.7 Å². The topological polar surface area (TPSA) is 73.5 Å². The summed E-state index contributed by atoms with van der Waals surface area (Å²) in [5.41, 5.74) is 0. The van der Waals surface area contributed by atoms with Gasteiger partial charge in [-0.3, -0.25) is 0 Å². The summed E-state index contributed by atoms with van der Waals surface area (Å²) < 4.78 is 0. The summed E-state index contributed by atoms with van der Waals surface area (Å²) in [5.74, 6) is 0. The molecule has 0 bridgehead atoms. The standard InChI is InChI=1S/C4H10N2O.C3H8N2O/c1-5-4(7)6(2)3;1-4-3(6)5-2/h1-3H3,(H,5,7);1-2H3,(H2,4,5,6). The molecule has 0 spiro atoms. The van der Waals surface area contributed by atoms with Crippen molar-refractivity contribution in [3.63, 3.8) is 0 Å². The van der Waals surface area contributed by atoms with Crippen LogP contribution in [0.5, 0.6) is 0 Å². The van der Waals surface area contributed by atoms with E-state index in [1.165, 1.54) is 4.90 Å². The summed E-state index contributed by atoms with van der Waals surface area (Å²) in [6.45, 7) is 0. The van der Waals surface area contributed by atoms with E-state index in [-0.39, 0.29) is 12.1 Å². The fourth-order valence-electron chi connectivity index (χ4n) is 0.349. The highest BCUT2D eigenvalue weighted by molar-refractivity contribution is 5.73. The van der Waals surface area contributed by atoms with Gasteiger partial charge in [0.1, 0.15) is 0 Å². The molecule has 0 saturated heterocycles. The van der Waals surface area contributed by atoms with Crippen LogP contribution in [0.4, 0.5) is 9.59 Å². The molecule has 0 atom stereocenters. The number of amides is 4. The minimum Gasteiger partial charge on any atom is -0.341 e. The average Bonchev–Trinajstić information content (AvgIpc) is 2.16. The van der Waals surface area contributed by atoms with Gasteiger partial charge in [-0.05, 0) is 0 Å².